The maximum absolute atomic E-state index is 11.3. The first-order valence-electron chi connectivity index (χ1n) is 26.1. The summed E-state index contributed by atoms with van der Waals surface area (Å²) in [5.41, 5.74) is 0.127. The predicted molar refractivity (Wildman–Crippen MR) is 259 cm³/mol. The molecule has 1 aliphatic carbocycles. The van der Waals surface area contributed by atoms with E-state index in [4.69, 9.17) is 39.2 Å². The van der Waals surface area contributed by atoms with Gasteiger partial charge in [-0.3, -0.25) is 38.4 Å². The summed E-state index contributed by atoms with van der Waals surface area (Å²) in [7, 11) is 2.45. The van der Waals surface area contributed by atoms with Gasteiger partial charge in [0.05, 0.1) is 39.6 Å². The van der Waals surface area contributed by atoms with Gasteiger partial charge in [-0.05, 0) is 131 Å². The minimum absolute atomic E-state index is 0. The molecule has 8 fully saturated rings. The number of ether oxygens (including phenoxy) is 7. The van der Waals surface area contributed by atoms with Gasteiger partial charge in [0.15, 0.2) is 0 Å². The number of ketones is 1. The Hall–Kier alpha value is -3.68. The van der Waals surface area contributed by atoms with Crippen LogP contribution in [0.15, 0.2) is 0 Å². The van der Waals surface area contributed by atoms with Crippen molar-refractivity contribution in [2.24, 2.45) is 46.8 Å². The Morgan fingerprint density at radius 2 is 0.884 bits per heavy atom. The van der Waals surface area contributed by atoms with Crippen LogP contribution in [-0.4, -0.2) is 109 Å². The topological polar surface area (TPSA) is 218 Å². The van der Waals surface area contributed by atoms with Gasteiger partial charge in [0, 0.05) is 63.7 Å². The summed E-state index contributed by atoms with van der Waals surface area (Å²) in [5, 5.41) is 0. The molecule has 7 saturated heterocycles. The van der Waals surface area contributed by atoms with E-state index in [2.05, 4.69) is 23.0 Å². The van der Waals surface area contributed by atoms with Gasteiger partial charge in [0.2, 0.25) is 0 Å². The normalized spacial score (nSPS) is 29.6. The third-order valence-corrected chi connectivity index (χ3v) is 15.0. The second kappa shape index (κ2) is 33.1. The molecule has 0 aromatic heterocycles. The predicted octanol–water partition coefficient (Wildman–Crippen LogP) is 7.26. The number of carbonyl (C=O) groups is 8. The summed E-state index contributed by atoms with van der Waals surface area (Å²) in [4.78, 5) is 88.5. The van der Waals surface area contributed by atoms with Gasteiger partial charge in [-0.25, -0.2) is 0 Å². The van der Waals surface area contributed by atoms with E-state index in [9.17, 15) is 38.4 Å². The van der Waals surface area contributed by atoms with Crippen molar-refractivity contribution in [1.82, 2.24) is 0 Å². The molecule has 7 heterocycles. The Balaban J connectivity index is 0.000000239. The molecule has 9 unspecified atom stereocenters. The molecule has 16 nitrogen and oxygen atoms in total. The number of rotatable bonds is 8. The quantitative estimate of drug-likeness (QED) is 0.101. The SMILES string of the molecule is CC(C)(C1CCOC(=O)CC1)C1CCOC(=O)CC1.C[B]P.O=C1CCC(C2CCC(=O)O2)C1.O=C1CCC(C2CCOC(=O)CC2)CCO1.O=C1CCC(CCCC2CCC(=O)OC2)CO1.[2H]B=O. The molecule has 8 rings (SSSR count). The molecule has 19 heteroatoms. The second-order valence-electron chi connectivity index (χ2n) is 20.0. The first-order valence-corrected chi connectivity index (χ1v) is 26.2. The number of esters is 7. The Bertz CT molecular complexity index is 1550. The molecule has 1 saturated carbocycles. The fourth-order valence-corrected chi connectivity index (χ4v) is 10.7. The van der Waals surface area contributed by atoms with Gasteiger partial charge in [-0.1, -0.05) is 27.1 Å². The molecule has 0 spiro atoms. The number of hydrogen-bond donors (Lipinski definition) is 0. The van der Waals surface area contributed by atoms with Gasteiger partial charge < -0.3 is 33.2 Å². The van der Waals surface area contributed by atoms with Crippen LogP contribution in [0.25, 0.3) is 0 Å². The summed E-state index contributed by atoms with van der Waals surface area (Å²) < 4.78 is 49.5. The van der Waals surface area contributed by atoms with Crippen LogP contribution in [0.5, 0.6) is 0 Å². The Labute approximate surface area is 415 Å². The molecule has 0 amide bonds. The Morgan fingerprint density at radius 3 is 1.25 bits per heavy atom. The van der Waals surface area contributed by atoms with Crippen molar-refractivity contribution < 1.29 is 76.2 Å². The maximum atomic E-state index is 11.3. The number of cyclic esters (lactones) is 7. The summed E-state index contributed by atoms with van der Waals surface area (Å²) in [6, 6.07) is 0. The monoisotopic (exact) mass is 991 g/mol. The van der Waals surface area contributed by atoms with Gasteiger partial charge in [0.1, 0.15) is 18.9 Å². The second-order valence-corrected chi connectivity index (χ2v) is 20.6. The molecule has 7 aliphatic heterocycles. The third kappa shape index (κ3) is 23.0. The number of carbonyl (C=O) groups excluding carboxylic acids is 8. The van der Waals surface area contributed by atoms with Crippen LogP contribution in [0, 0.1) is 46.8 Å². The van der Waals surface area contributed by atoms with Crippen LogP contribution >= 0.6 is 9.12 Å². The van der Waals surface area contributed by atoms with E-state index in [1.54, 1.807) is 0 Å². The molecule has 69 heavy (non-hydrogen) atoms. The molecule has 0 bridgehead atoms. The zero-order chi connectivity index (χ0) is 51.3. The zero-order valence-electron chi connectivity index (χ0n) is 42.6. The summed E-state index contributed by atoms with van der Waals surface area (Å²) in [6.07, 6.45) is 19.5. The van der Waals surface area contributed by atoms with Crippen molar-refractivity contribution in [2.75, 3.05) is 39.6 Å². The average molecular weight is 991 g/mol. The van der Waals surface area contributed by atoms with Crippen molar-refractivity contribution in [3.63, 3.8) is 0 Å². The molecule has 9 atom stereocenters. The van der Waals surface area contributed by atoms with E-state index in [-0.39, 0.29) is 61.0 Å². The van der Waals surface area contributed by atoms with E-state index in [0.29, 0.717) is 145 Å². The fourth-order valence-electron chi connectivity index (χ4n) is 10.7. The van der Waals surface area contributed by atoms with E-state index in [1.807, 2.05) is 13.8 Å². The molecule has 0 N–H and O–H groups in total. The fraction of sp³-hybridized carbons (Fsp3) is 0.840. The molecule has 0 aromatic rings. The van der Waals surface area contributed by atoms with Crippen LogP contribution < -0.4 is 0 Å². The van der Waals surface area contributed by atoms with E-state index < -0.39 is 0 Å². The molecule has 0 aromatic carbocycles. The Kier molecular flexibility index (Phi) is 27.7. The third-order valence-electron chi connectivity index (χ3n) is 15.0. The van der Waals surface area contributed by atoms with Crippen LogP contribution in [-0.2, 0) is 76.2 Å². The standard InChI is InChI=1S/C15H24O4.C13H20O4.C12H18O4.C9H12O3.CH5BP.BHO/c1-15(2,11-3-5-13(16)18-9-7-11)12-4-6-14(17)19-10-8-12;14-12-6-4-10(8-16-12)2-1-3-11-5-7-13(15)17-9-11;13-11-3-1-9(5-7-15-11)10-2-4-12(14)16-8-6-10;10-7-2-1-6(5-7)8-3-4-9(11)12-8;1-2-3;1-2/h11-12H,3-10H2,1-2H3;10-11H,1-9H2;9-10H,1-8H2;6,8H,1-5H2;3H2,1H3;1H/i;;;;;1D. The van der Waals surface area contributed by atoms with Crippen LogP contribution in [0.3, 0.4) is 0 Å². The van der Waals surface area contributed by atoms with E-state index >= 15 is 0 Å². The molecule has 1 radical (unpaired) electrons. The van der Waals surface area contributed by atoms with Gasteiger partial charge in [-0.15, -0.1) is 0 Å². The summed E-state index contributed by atoms with van der Waals surface area (Å²) >= 11 is 0. The van der Waals surface area contributed by atoms with Crippen LogP contribution in [0.4, 0.5) is 0 Å². The Morgan fingerprint density at radius 1 is 0.522 bits per heavy atom. The van der Waals surface area contributed by atoms with Gasteiger partial charge in [0.25, 0.3) is 0 Å². The minimum atomic E-state index is -0.0978. The molecular formula is C50H80B2O16P. The van der Waals surface area contributed by atoms with Crippen molar-refractivity contribution in [1.29, 1.82) is 1.34 Å². The van der Waals surface area contributed by atoms with Gasteiger partial charge >= 0.3 is 55.5 Å². The average Bonchev–Trinajstić information content (AvgIpc) is 3.58. The summed E-state index contributed by atoms with van der Waals surface area (Å²) in [5.74, 6) is 3.21. The number of hydrogen-bond acceptors (Lipinski definition) is 16. The molecule has 387 valence electrons. The van der Waals surface area contributed by atoms with Gasteiger partial charge in [-0.2, -0.15) is 9.12 Å². The van der Waals surface area contributed by atoms with Crippen LogP contribution in [0.1, 0.15) is 168 Å². The molecular weight excluding hydrogens is 909 g/mol. The van der Waals surface area contributed by atoms with Crippen molar-refractivity contribution in [3.05, 3.63) is 0 Å². The van der Waals surface area contributed by atoms with E-state index in [1.165, 1.54) is 0 Å². The van der Waals surface area contributed by atoms with Crippen molar-refractivity contribution in [2.45, 2.75) is 181 Å². The first kappa shape index (κ1) is 57.9. The van der Waals surface area contributed by atoms with E-state index in [0.717, 1.165) is 96.3 Å². The zero-order valence-corrected chi connectivity index (χ0v) is 42.8. The number of Topliss-reactive ketones (excluding diaryl/α,β-unsaturated/α-hetero) is 1. The van der Waals surface area contributed by atoms with Crippen LogP contribution in [0.2, 0.25) is 6.82 Å². The molecule has 8 aliphatic rings. The van der Waals surface area contributed by atoms with Crippen molar-refractivity contribution in [3.8, 4) is 0 Å². The summed E-state index contributed by atoms with van der Waals surface area (Å²) in [6.45, 7) is 11.8. The van der Waals surface area contributed by atoms with Crippen molar-refractivity contribution >= 4 is 71.4 Å². The first-order chi connectivity index (χ1) is 33.6.